The summed E-state index contributed by atoms with van der Waals surface area (Å²) in [6.45, 7) is 5.78. The Labute approximate surface area is 212 Å². The summed E-state index contributed by atoms with van der Waals surface area (Å²) in [5.41, 5.74) is 4.83. The number of halogens is 2. The van der Waals surface area contributed by atoms with Crippen LogP contribution in [-0.4, -0.2) is 30.5 Å². The van der Waals surface area contributed by atoms with E-state index in [4.69, 9.17) is 0 Å². The average molecular weight is 501 g/mol. The summed E-state index contributed by atoms with van der Waals surface area (Å²) >= 11 is 0. The van der Waals surface area contributed by atoms with Gasteiger partial charge in [0.25, 0.3) is 6.43 Å². The van der Waals surface area contributed by atoms with E-state index >= 15 is 0 Å². The second-order valence-electron chi connectivity index (χ2n) is 8.94. The molecule has 0 saturated carbocycles. The lowest BCUT2D eigenvalue weighted by Gasteiger charge is -2.10. The molecule has 37 heavy (non-hydrogen) atoms. The van der Waals surface area contributed by atoms with Crippen molar-refractivity contribution in [3.8, 4) is 11.3 Å². The molecule has 0 radical (unpaired) electrons. The smallest absolute Gasteiger partial charge is 0.264 e. The molecule has 0 aliphatic carbocycles. The van der Waals surface area contributed by atoms with E-state index in [1.54, 1.807) is 6.92 Å². The third-order valence-corrected chi connectivity index (χ3v) is 6.33. The van der Waals surface area contributed by atoms with Crippen LogP contribution >= 0.6 is 0 Å². The molecule has 0 unspecified atom stereocenters. The van der Waals surface area contributed by atoms with Crippen molar-refractivity contribution in [3.63, 3.8) is 0 Å². The van der Waals surface area contributed by atoms with Gasteiger partial charge < -0.3 is 5.32 Å². The first-order valence-electron chi connectivity index (χ1n) is 11.9. The number of anilines is 1. The minimum atomic E-state index is -2.71. The lowest BCUT2D eigenvalue weighted by Crippen LogP contribution is -2.20. The predicted octanol–water partition coefficient (Wildman–Crippen LogP) is 5.84. The fourth-order valence-electron chi connectivity index (χ4n) is 4.53. The summed E-state index contributed by atoms with van der Waals surface area (Å²) in [6.07, 6.45) is -2.71. The number of pyridine rings is 1. The lowest BCUT2D eigenvalue weighted by molar-refractivity contribution is -0.116. The molecule has 0 spiro atoms. The second kappa shape index (κ2) is 9.93. The van der Waals surface area contributed by atoms with Gasteiger partial charge in [0.15, 0.2) is 5.65 Å². The third kappa shape index (κ3) is 4.84. The molecule has 3 aromatic heterocycles. The highest BCUT2D eigenvalue weighted by molar-refractivity contribution is 5.93. The summed E-state index contributed by atoms with van der Waals surface area (Å²) in [5.74, 6) is -0.347. The number of carbonyl (C=O) groups is 1. The Morgan fingerprint density at radius 3 is 2.24 bits per heavy atom. The van der Waals surface area contributed by atoms with Crippen molar-refractivity contribution in [2.45, 2.75) is 40.3 Å². The number of nitrogens with one attached hydrogen (secondary N) is 1. The van der Waals surface area contributed by atoms with E-state index in [0.717, 1.165) is 11.3 Å². The van der Waals surface area contributed by atoms with E-state index in [0.29, 0.717) is 34.9 Å². The zero-order valence-corrected chi connectivity index (χ0v) is 20.7. The number of amides is 1. The molecule has 0 saturated heterocycles. The van der Waals surface area contributed by atoms with Crippen molar-refractivity contribution in [1.29, 1.82) is 0 Å². The summed E-state index contributed by atoms with van der Waals surface area (Å²) in [5, 5.41) is 12.2. The Bertz CT molecular complexity index is 1580. The number of benzene rings is 2. The van der Waals surface area contributed by atoms with Gasteiger partial charge in [-0.05, 0) is 32.4 Å². The number of nitrogens with zero attached hydrogens (tertiary/aromatic N) is 5. The molecule has 3 heterocycles. The number of carbonyl (C=O) groups excluding carboxylic acids is 1. The van der Waals surface area contributed by atoms with Gasteiger partial charge in [0.05, 0.1) is 40.4 Å². The zero-order chi connectivity index (χ0) is 26.1. The molecule has 2 aromatic carbocycles. The highest BCUT2D eigenvalue weighted by atomic mass is 19.3. The van der Waals surface area contributed by atoms with Crippen LogP contribution in [0.3, 0.4) is 0 Å². The molecule has 0 aliphatic rings. The average Bonchev–Trinajstić information content (AvgIpc) is 3.34. The fourth-order valence-corrected chi connectivity index (χ4v) is 4.53. The summed E-state index contributed by atoms with van der Waals surface area (Å²) < 4.78 is 31.3. The van der Waals surface area contributed by atoms with Gasteiger partial charge in [0.2, 0.25) is 5.91 Å². The number of hydrogen-bond acceptors (Lipinski definition) is 4. The molecule has 0 aliphatic heterocycles. The van der Waals surface area contributed by atoms with E-state index in [2.05, 4.69) is 20.5 Å². The molecule has 0 fully saturated rings. The van der Waals surface area contributed by atoms with Crippen LogP contribution in [0.1, 0.15) is 34.6 Å². The van der Waals surface area contributed by atoms with Gasteiger partial charge in [-0.2, -0.15) is 10.2 Å². The number of hydrogen-bond donors (Lipinski definition) is 1. The number of aromatic nitrogens is 5. The molecular formula is C28H26F2N6O. The highest BCUT2D eigenvalue weighted by Gasteiger charge is 2.22. The van der Waals surface area contributed by atoms with Crippen molar-refractivity contribution in [2.75, 3.05) is 5.32 Å². The molecule has 188 valence electrons. The first-order chi connectivity index (χ1) is 17.8. The van der Waals surface area contributed by atoms with Crippen LogP contribution < -0.4 is 5.32 Å². The quantitative estimate of drug-likeness (QED) is 0.304. The Balaban J connectivity index is 1.45. The van der Waals surface area contributed by atoms with E-state index in [1.165, 1.54) is 10.7 Å². The largest absolute Gasteiger partial charge is 0.321 e. The van der Waals surface area contributed by atoms with Crippen molar-refractivity contribution in [1.82, 2.24) is 24.5 Å². The van der Waals surface area contributed by atoms with E-state index in [-0.39, 0.29) is 29.0 Å². The molecule has 0 bridgehead atoms. The Kier molecular flexibility index (Phi) is 6.52. The first-order valence-corrected chi connectivity index (χ1v) is 11.9. The maximum absolute atomic E-state index is 14.0. The predicted molar refractivity (Wildman–Crippen MR) is 139 cm³/mol. The SMILES string of the molecule is Cc1nn(Cc2ccccc2)c(C)c1NC(=O)Cn1nc(C)c2c(C(F)F)cc(-c3ccccc3)nc21. The third-order valence-electron chi connectivity index (χ3n) is 6.33. The van der Waals surface area contributed by atoms with Gasteiger partial charge >= 0.3 is 0 Å². The topological polar surface area (TPSA) is 77.6 Å². The lowest BCUT2D eigenvalue weighted by atomic mass is 10.1. The number of rotatable bonds is 7. The molecular weight excluding hydrogens is 474 g/mol. The Hall–Kier alpha value is -4.40. The van der Waals surface area contributed by atoms with Gasteiger partial charge in [-0.1, -0.05) is 60.7 Å². The van der Waals surface area contributed by atoms with Crippen LogP contribution in [-0.2, 0) is 17.9 Å². The highest BCUT2D eigenvalue weighted by Crippen LogP contribution is 2.33. The summed E-state index contributed by atoms with van der Waals surface area (Å²) in [7, 11) is 0. The van der Waals surface area contributed by atoms with Crippen LogP contribution in [0.15, 0.2) is 66.7 Å². The van der Waals surface area contributed by atoms with Gasteiger partial charge in [0.1, 0.15) is 6.54 Å². The molecule has 1 N–H and O–H groups in total. The van der Waals surface area contributed by atoms with Crippen molar-refractivity contribution >= 4 is 22.6 Å². The fraction of sp³-hybridized carbons (Fsp3) is 0.214. The molecule has 5 aromatic rings. The summed E-state index contributed by atoms with van der Waals surface area (Å²) in [4.78, 5) is 17.7. The van der Waals surface area contributed by atoms with Gasteiger partial charge in [-0.25, -0.2) is 18.4 Å². The minimum Gasteiger partial charge on any atom is -0.321 e. The minimum absolute atomic E-state index is 0.151. The van der Waals surface area contributed by atoms with Gasteiger partial charge in [-0.15, -0.1) is 0 Å². The van der Waals surface area contributed by atoms with Crippen LogP contribution in [0.4, 0.5) is 14.5 Å². The number of alkyl halides is 2. The van der Waals surface area contributed by atoms with Crippen LogP contribution in [0, 0.1) is 20.8 Å². The monoisotopic (exact) mass is 500 g/mol. The van der Waals surface area contributed by atoms with Crippen LogP contribution in [0.25, 0.3) is 22.3 Å². The van der Waals surface area contributed by atoms with Crippen molar-refractivity contribution in [2.24, 2.45) is 0 Å². The Morgan fingerprint density at radius 1 is 0.919 bits per heavy atom. The Morgan fingerprint density at radius 2 is 1.57 bits per heavy atom. The van der Waals surface area contributed by atoms with Crippen LogP contribution in [0.5, 0.6) is 0 Å². The molecule has 7 nitrogen and oxygen atoms in total. The van der Waals surface area contributed by atoms with Gasteiger partial charge in [-0.3, -0.25) is 9.48 Å². The standard InChI is InChI=1S/C28H26F2N6O/c1-17-25-22(27(29)30)14-23(21-12-8-5-9-13-21)31-28(25)36(33-17)16-24(37)32-26-18(2)34-35(19(26)3)15-20-10-6-4-7-11-20/h4-14,27H,15-16H2,1-3H3,(H,32,37). The van der Waals surface area contributed by atoms with E-state index in [1.807, 2.05) is 79.2 Å². The number of fused-ring (bicyclic) bond motifs is 1. The second-order valence-corrected chi connectivity index (χ2v) is 8.94. The molecule has 5 rings (SSSR count). The zero-order valence-electron chi connectivity index (χ0n) is 20.7. The van der Waals surface area contributed by atoms with E-state index < -0.39 is 6.43 Å². The molecule has 1 amide bonds. The number of aryl methyl sites for hydroxylation is 2. The van der Waals surface area contributed by atoms with Gasteiger partial charge in [0, 0.05) is 11.1 Å². The normalized spacial score (nSPS) is 11.4. The molecule has 9 heteroatoms. The maximum Gasteiger partial charge on any atom is 0.264 e. The first kappa shape index (κ1) is 24.3. The van der Waals surface area contributed by atoms with Crippen molar-refractivity contribution in [3.05, 3.63) is 94.9 Å². The van der Waals surface area contributed by atoms with E-state index in [9.17, 15) is 13.6 Å². The molecule has 0 atom stereocenters. The van der Waals surface area contributed by atoms with Crippen LogP contribution in [0.2, 0.25) is 0 Å². The van der Waals surface area contributed by atoms with Crippen molar-refractivity contribution < 1.29 is 13.6 Å². The maximum atomic E-state index is 14.0. The summed E-state index contributed by atoms with van der Waals surface area (Å²) in [6, 6.07) is 20.4.